The highest BCUT2D eigenvalue weighted by molar-refractivity contribution is 6.34. The van der Waals surface area contributed by atoms with Gasteiger partial charge in [0.2, 0.25) is 0 Å². The highest BCUT2D eigenvalue weighted by Gasteiger charge is 2.17. The Kier molecular flexibility index (Phi) is 3.74. The molecule has 0 radical (unpaired) electrons. The van der Waals surface area contributed by atoms with Gasteiger partial charge in [0.25, 0.3) is 0 Å². The zero-order valence-corrected chi connectivity index (χ0v) is 12.0. The van der Waals surface area contributed by atoms with Crippen molar-refractivity contribution < 1.29 is 14.6 Å². The predicted octanol–water partition coefficient (Wildman–Crippen LogP) is 3.85. The van der Waals surface area contributed by atoms with Gasteiger partial charge in [0.05, 0.1) is 0 Å². The summed E-state index contributed by atoms with van der Waals surface area (Å²) < 4.78 is 11.0. The van der Waals surface area contributed by atoms with Crippen LogP contribution >= 0.6 is 23.2 Å². The molecule has 1 unspecified atom stereocenters. The highest BCUT2D eigenvalue weighted by atomic mass is 35.5. The second kappa shape index (κ2) is 5.52. The van der Waals surface area contributed by atoms with E-state index in [1.807, 2.05) is 0 Å². The van der Waals surface area contributed by atoms with E-state index in [-0.39, 0.29) is 0 Å². The Balaban J connectivity index is 1.95. The Bertz CT molecular complexity index is 623. The second-order valence-corrected chi connectivity index (χ2v) is 5.38. The Morgan fingerprint density at radius 3 is 2.20 bits per heavy atom. The van der Waals surface area contributed by atoms with Gasteiger partial charge in [-0.25, -0.2) is 0 Å². The maximum atomic E-state index is 10.4. The Morgan fingerprint density at radius 2 is 1.50 bits per heavy atom. The number of benzene rings is 2. The van der Waals surface area contributed by atoms with Crippen molar-refractivity contribution in [3.8, 4) is 11.5 Å². The molecule has 0 bridgehead atoms. The second-order valence-electron chi connectivity index (χ2n) is 4.51. The van der Waals surface area contributed by atoms with E-state index in [2.05, 4.69) is 0 Å². The standard InChI is InChI=1S/C15H12Cl2O3/c16-11-5-10(6-12(17)8-11)15(18)9-1-2-13-14(7-9)20-4-3-19-13/h1-2,5-8,15,18H,3-4H2. The van der Waals surface area contributed by atoms with Crippen LogP contribution in [-0.2, 0) is 0 Å². The van der Waals surface area contributed by atoms with Crippen LogP contribution in [0, 0.1) is 0 Å². The number of rotatable bonds is 2. The number of aliphatic hydroxyl groups is 1. The summed E-state index contributed by atoms with van der Waals surface area (Å²) in [7, 11) is 0. The Hall–Kier alpha value is -1.42. The van der Waals surface area contributed by atoms with Crippen LogP contribution in [0.2, 0.25) is 10.0 Å². The van der Waals surface area contributed by atoms with Gasteiger partial charge in [-0.3, -0.25) is 0 Å². The smallest absolute Gasteiger partial charge is 0.161 e. The van der Waals surface area contributed by atoms with E-state index in [1.54, 1.807) is 36.4 Å². The Morgan fingerprint density at radius 1 is 0.850 bits per heavy atom. The fraction of sp³-hybridized carbons (Fsp3) is 0.200. The van der Waals surface area contributed by atoms with Gasteiger partial charge in [-0.05, 0) is 41.5 Å². The van der Waals surface area contributed by atoms with Crippen LogP contribution < -0.4 is 9.47 Å². The van der Waals surface area contributed by atoms with Crippen LogP contribution in [0.5, 0.6) is 11.5 Å². The molecule has 1 heterocycles. The first-order valence-corrected chi connectivity index (χ1v) is 6.93. The third-order valence-electron chi connectivity index (χ3n) is 3.08. The molecule has 5 heteroatoms. The quantitative estimate of drug-likeness (QED) is 0.915. The number of fused-ring (bicyclic) bond motifs is 1. The van der Waals surface area contributed by atoms with Gasteiger partial charge < -0.3 is 14.6 Å². The van der Waals surface area contributed by atoms with Crippen molar-refractivity contribution in [3.63, 3.8) is 0 Å². The van der Waals surface area contributed by atoms with Crippen molar-refractivity contribution in [2.45, 2.75) is 6.10 Å². The molecular weight excluding hydrogens is 299 g/mol. The molecule has 0 spiro atoms. The SMILES string of the molecule is OC(c1cc(Cl)cc(Cl)c1)c1ccc2c(c1)OCCO2. The van der Waals surface area contributed by atoms with Gasteiger partial charge in [0, 0.05) is 10.0 Å². The molecule has 0 amide bonds. The lowest BCUT2D eigenvalue weighted by atomic mass is 10.0. The molecule has 1 atom stereocenters. The topological polar surface area (TPSA) is 38.7 Å². The maximum Gasteiger partial charge on any atom is 0.161 e. The summed E-state index contributed by atoms with van der Waals surface area (Å²) in [4.78, 5) is 0. The fourth-order valence-corrected chi connectivity index (χ4v) is 2.70. The van der Waals surface area contributed by atoms with E-state index < -0.39 is 6.10 Å². The number of aliphatic hydroxyl groups excluding tert-OH is 1. The first-order chi connectivity index (χ1) is 9.63. The zero-order chi connectivity index (χ0) is 14.1. The minimum atomic E-state index is -0.818. The number of ether oxygens (including phenoxy) is 2. The molecule has 1 aliphatic heterocycles. The largest absolute Gasteiger partial charge is 0.486 e. The van der Waals surface area contributed by atoms with E-state index in [0.717, 1.165) is 0 Å². The monoisotopic (exact) mass is 310 g/mol. The number of hydrogen-bond acceptors (Lipinski definition) is 3. The number of hydrogen-bond donors (Lipinski definition) is 1. The Labute approximate surface area is 126 Å². The molecule has 0 fully saturated rings. The predicted molar refractivity (Wildman–Crippen MR) is 78.0 cm³/mol. The van der Waals surface area contributed by atoms with Crippen LogP contribution in [0.1, 0.15) is 17.2 Å². The molecule has 2 aromatic carbocycles. The van der Waals surface area contributed by atoms with Gasteiger partial charge in [-0.2, -0.15) is 0 Å². The molecule has 2 aromatic rings. The first-order valence-electron chi connectivity index (χ1n) is 6.17. The third kappa shape index (κ3) is 2.70. The average Bonchev–Trinajstić information content (AvgIpc) is 2.45. The summed E-state index contributed by atoms with van der Waals surface area (Å²) in [5.74, 6) is 1.33. The van der Waals surface area contributed by atoms with Crippen molar-refractivity contribution in [2.24, 2.45) is 0 Å². The molecule has 0 aromatic heterocycles. The third-order valence-corrected chi connectivity index (χ3v) is 3.52. The van der Waals surface area contributed by atoms with Crippen molar-refractivity contribution in [1.29, 1.82) is 0 Å². The normalized spacial score (nSPS) is 14.9. The summed E-state index contributed by atoms with van der Waals surface area (Å²) in [5.41, 5.74) is 1.34. The van der Waals surface area contributed by atoms with E-state index in [0.29, 0.717) is 45.9 Å². The average molecular weight is 311 g/mol. The molecule has 20 heavy (non-hydrogen) atoms. The van der Waals surface area contributed by atoms with Gasteiger partial charge in [-0.15, -0.1) is 0 Å². The summed E-state index contributed by atoms with van der Waals surface area (Å²) in [6, 6.07) is 10.4. The summed E-state index contributed by atoms with van der Waals surface area (Å²) in [6.07, 6.45) is -0.818. The lowest BCUT2D eigenvalue weighted by Gasteiger charge is -2.20. The summed E-state index contributed by atoms with van der Waals surface area (Å²) >= 11 is 11.9. The minimum Gasteiger partial charge on any atom is -0.486 e. The minimum absolute atomic E-state index is 0.490. The zero-order valence-electron chi connectivity index (χ0n) is 10.5. The van der Waals surface area contributed by atoms with Crippen molar-refractivity contribution >= 4 is 23.2 Å². The van der Waals surface area contributed by atoms with Crippen LogP contribution in [0.15, 0.2) is 36.4 Å². The van der Waals surface area contributed by atoms with Crippen molar-refractivity contribution in [1.82, 2.24) is 0 Å². The van der Waals surface area contributed by atoms with E-state index >= 15 is 0 Å². The van der Waals surface area contributed by atoms with E-state index in [9.17, 15) is 5.11 Å². The van der Waals surface area contributed by atoms with Crippen LogP contribution in [-0.4, -0.2) is 18.3 Å². The first kappa shape index (κ1) is 13.6. The molecule has 1 aliphatic rings. The molecule has 0 saturated carbocycles. The summed E-state index contributed by atoms with van der Waals surface area (Å²) in [6.45, 7) is 1.05. The van der Waals surface area contributed by atoms with E-state index in [4.69, 9.17) is 32.7 Å². The van der Waals surface area contributed by atoms with Gasteiger partial charge in [0.1, 0.15) is 19.3 Å². The summed E-state index contributed by atoms with van der Waals surface area (Å²) in [5, 5.41) is 11.4. The molecule has 0 aliphatic carbocycles. The van der Waals surface area contributed by atoms with Crippen LogP contribution in [0.3, 0.4) is 0 Å². The van der Waals surface area contributed by atoms with E-state index in [1.165, 1.54) is 0 Å². The van der Waals surface area contributed by atoms with Crippen LogP contribution in [0.4, 0.5) is 0 Å². The van der Waals surface area contributed by atoms with Gasteiger partial charge in [-0.1, -0.05) is 29.3 Å². The molecule has 0 saturated heterocycles. The molecule has 3 rings (SSSR count). The van der Waals surface area contributed by atoms with Gasteiger partial charge >= 0.3 is 0 Å². The lowest BCUT2D eigenvalue weighted by Crippen LogP contribution is -2.15. The maximum absolute atomic E-state index is 10.4. The van der Waals surface area contributed by atoms with Gasteiger partial charge in [0.15, 0.2) is 11.5 Å². The molecular formula is C15H12Cl2O3. The molecule has 1 N–H and O–H groups in total. The lowest BCUT2D eigenvalue weighted by molar-refractivity contribution is 0.169. The van der Waals surface area contributed by atoms with Crippen LogP contribution in [0.25, 0.3) is 0 Å². The van der Waals surface area contributed by atoms with Crippen molar-refractivity contribution in [3.05, 3.63) is 57.6 Å². The van der Waals surface area contributed by atoms with Crippen molar-refractivity contribution in [2.75, 3.05) is 13.2 Å². The molecule has 3 nitrogen and oxygen atoms in total. The molecule has 104 valence electrons. The fourth-order valence-electron chi connectivity index (χ4n) is 2.16. The number of halogens is 2. The highest BCUT2D eigenvalue weighted by Crippen LogP contribution is 2.35.